The third-order valence-corrected chi connectivity index (χ3v) is 5.49. The Kier molecular flexibility index (Phi) is 8.39. The quantitative estimate of drug-likeness (QED) is 0.315. The Labute approximate surface area is 189 Å². The average Bonchev–Trinajstić information content (AvgIpc) is 2.66. The highest BCUT2D eigenvalue weighted by molar-refractivity contribution is 14.1. The summed E-state index contributed by atoms with van der Waals surface area (Å²) in [6, 6.07) is 11.3. The Morgan fingerprint density at radius 2 is 1.83 bits per heavy atom. The highest BCUT2D eigenvalue weighted by Crippen LogP contribution is 2.27. The summed E-state index contributed by atoms with van der Waals surface area (Å²) >= 11 is 7.22. The van der Waals surface area contributed by atoms with Crippen LogP contribution in [0.2, 0.25) is 0 Å². The molecule has 0 unspecified atom stereocenters. The SMILES string of the molecule is Cc1ccc(C(C)C)c(OCC(=O)NNC(=S)NC(=O)c2ccc(C)c(I)c2)c1. The number of hydrogen-bond acceptors (Lipinski definition) is 4. The van der Waals surface area contributed by atoms with Gasteiger partial charge in [-0.25, -0.2) is 0 Å². The second kappa shape index (κ2) is 10.5. The summed E-state index contributed by atoms with van der Waals surface area (Å²) in [6.07, 6.45) is 0. The van der Waals surface area contributed by atoms with Crippen LogP contribution in [-0.4, -0.2) is 23.5 Å². The maximum Gasteiger partial charge on any atom is 0.276 e. The summed E-state index contributed by atoms with van der Waals surface area (Å²) in [4.78, 5) is 24.3. The van der Waals surface area contributed by atoms with Gasteiger partial charge >= 0.3 is 0 Å². The van der Waals surface area contributed by atoms with Crippen molar-refractivity contribution < 1.29 is 14.3 Å². The van der Waals surface area contributed by atoms with Gasteiger partial charge < -0.3 is 4.74 Å². The predicted octanol–water partition coefficient (Wildman–Crippen LogP) is 3.75. The summed E-state index contributed by atoms with van der Waals surface area (Å²) in [5.74, 6) is 0.189. The van der Waals surface area contributed by atoms with E-state index in [0.717, 1.165) is 20.3 Å². The smallest absolute Gasteiger partial charge is 0.276 e. The number of ether oxygens (including phenoxy) is 1. The number of benzene rings is 2. The van der Waals surface area contributed by atoms with Crippen molar-refractivity contribution in [3.05, 3.63) is 62.2 Å². The minimum atomic E-state index is -0.414. The molecule has 8 heteroatoms. The van der Waals surface area contributed by atoms with Crippen LogP contribution in [0.4, 0.5) is 0 Å². The highest BCUT2D eigenvalue weighted by Gasteiger charge is 2.12. The number of carbonyl (C=O) groups is 2. The number of aryl methyl sites for hydroxylation is 2. The fourth-order valence-electron chi connectivity index (χ4n) is 2.49. The molecule has 0 saturated heterocycles. The molecule has 6 nitrogen and oxygen atoms in total. The molecule has 2 rings (SSSR count). The van der Waals surface area contributed by atoms with Gasteiger partial charge in [-0.05, 0) is 89.5 Å². The largest absolute Gasteiger partial charge is 0.483 e. The minimum Gasteiger partial charge on any atom is -0.483 e. The summed E-state index contributed by atoms with van der Waals surface area (Å²) in [7, 11) is 0. The lowest BCUT2D eigenvalue weighted by atomic mass is 10.0. The number of thiocarbonyl (C=S) groups is 1. The van der Waals surface area contributed by atoms with E-state index in [1.165, 1.54) is 0 Å². The molecule has 0 bridgehead atoms. The van der Waals surface area contributed by atoms with Crippen LogP contribution < -0.4 is 20.9 Å². The molecule has 2 amide bonds. The topological polar surface area (TPSA) is 79.5 Å². The molecule has 0 aromatic heterocycles. The molecule has 29 heavy (non-hydrogen) atoms. The van der Waals surface area contributed by atoms with E-state index < -0.39 is 5.91 Å². The van der Waals surface area contributed by atoms with Gasteiger partial charge in [0.05, 0.1) is 0 Å². The molecular weight excluding hydrogens is 501 g/mol. The lowest BCUT2D eigenvalue weighted by Gasteiger charge is -2.15. The molecule has 0 aliphatic heterocycles. The molecule has 0 aliphatic carbocycles. The summed E-state index contributed by atoms with van der Waals surface area (Å²) in [5, 5.41) is 2.52. The first-order chi connectivity index (χ1) is 13.7. The normalized spacial score (nSPS) is 10.4. The van der Waals surface area contributed by atoms with E-state index in [1.807, 2.05) is 38.1 Å². The maximum absolute atomic E-state index is 12.2. The van der Waals surface area contributed by atoms with Crippen molar-refractivity contribution in [3.8, 4) is 5.75 Å². The van der Waals surface area contributed by atoms with Gasteiger partial charge in [-0.1, -0.05) is 32.0 Å². The van der Waals surface area contributed by atoms with Crippen LogP contribution in [0.5, 0.6) is 5.75 Å². The first kappa shape index (κ1) is 23.1. The third kappa shape index (κ3) is 6.97. The maximum atomic E-state index is 12.2. The summed E-state index contributed by atoms with van der Waals surface area (Å²) in [5.41, 5.74) is 8.59. The van der Waals surface area contributed by atoms with Gasteiger partial charge in [0.2, 0.25) is 0 Å². The average molecular weight is 525 g/mol. The highest BCUT2D eigenvalue weighted by atomic mass is 127. The van der Waals surface area contributed by atoms with E-state index >= 15 is 0 Å². The van der Waals surface area contributed by atoms with Crippen LogP contribution in [0, 0.1) is 17.4 Å². The molecule has 0 radical (unpaired) electrons. The van der Waals surface area contributed by atoms with Crippen molar-refractivity contribution in [2.45, 2.75) is 33.6 Å². The zero-order valence-corrected chi connectivity index (χ0v) is 19.7. The van der Waals surface area contributed by atoms with Crippen LogP contribution in [0.25, 0.3) is 0 Å². The van der Waals surface area contributed by atoms with E-state index in [4.69, 9.17) is 17.0 Å². The number of carbonyl (C=O) groups excluding carboxylic acids is 2. The zero-order valence-electron chi connectivity index (χ0n) is 16.8. The van der Waals surface area contributed by atoms with E-state index in [2.05, 4.69) is 52.6 Å². The second-order valence-corrected chi connectivity index (χ2v) is 8.48. The fourth-order valence-corrected chi connectivity index (χ4v) is 3.15. The first-order valence-corrected chi connectivity index (χ1v) is 10.6. The van der Waals surface area contributed by atoms with Crippen molar-refractivity contribution in [2.24, 2.45) is 0 Å². The summed E-state index contributed by atoms with van der Waals surface area (Å²) in [6.45, 7) is 7.89. The molecule has 2 aromatic rings. The van der Waals surface area contributed by atoms with Crippen molar-refractivity contribution in [1.82, 2.24) is 16.2 Å². The monoisotopic (exact) mass is 525 g/mol. The Hall–Kier alpha value is -2.20. The van der Waals surface area contributed by atoms with Crippen LogP contribution in [0.1, 0.15) is 46.8 Å². The summed E-state index contributed by atoms with van der Waals surface area (Å²) < 4.78 is 6.65. The van der Waals surface area contributed by atoms with Gasteiger partial charge in [-0.2, -0.15) is 0 Å². The number of amides is 2. The van der Waals surface area contributed by atoms with Crippen molar-refractivity contribution >= 4 is 51.7 Å². The van der Waals surface area contributed by atoms with Crippen molar-refractivity contribution in [3.63, 3.8) is 0 Å². The molecule has 0 atom stereocenters. The Bertz CT molecular complexity index is 931. The molecule has 0 heterocycles. The van der Waals surface area contributed by atoms with Crippen LogP contribution in [-0.2, 0) is 4.79 Å². The fraction of sp³-hybridized carbons (Fsp3) is 0.286. The van der Waals surface area contributed by atoms with Crippen molar-refractivity contribution in [1.29, 1.82) is 0 Å². The van der Waals surface area contributed by atoms with Crippen LogP contribution in [0.15, 0.2) is 36.4 Å². The predicted molar refractivity (Wildman–Crippen MR) is 126 cm³/mol. The lowest BCUT2D eigenvalue weighted by Crippen LogP contribution is -2.49. The van der Waals surface area contributed by atoms with Gasteiger partial charge in [0.15, 0.2) is 11.7 Å². The molecule has 0 aliphatic rings. The van der Waals surface area contributed by atoms with Gasteiger partial charge in [0.25, 0.3) is 11.8 Å². The number of halogens is 1. The number of hydrogen-bond donors (Lipinski definition) is 3. The Balaban J connectivity index is 1.83. The molecule has 2 aromatic carbocycles. The zero-order chi connectivity index (χ0) is 21.6. The standard InChI is InChI=1S/C21H24IN3O3S/c1-12(2)16-8-5-13(3)9-18(16)28-11-19(26)24-25-21(29)23-20(27)15-7-6-14(4)17(22)10-15/h5-10,12H,11H2,1-4H3,(H,24,26)(H2,23,25,27,29). The van der Waals surface area contributed by atoms with Gasteiger partial charge in [0.1, 0.15) is 5.75 Å². The molecule has 0 spiro atoms. The van der Waals surface area contributed by atoms with Gasteiger partial charge in [-0.15, -0.1) is 0 Å². The number of rotatable bonds is 5. The van der Waals surface area contributed by atoms with Crippen molar-refractivity contribution in [2.75, 3.05) is 6.61 Å². The Morgan fingerprint density at radius 3 is 2.48 bits per heavy atom. The van der Waals surface area contributed by atoms with Gasteiger partial charge in [0, 0.05) is 9.13 Å². The molecule has 3 N–H and O–H groups in total. The molecule has 0 fully saturated rings. The molecule has 0 saturated carbocycles. The van der Waals surface area contributed by atoms with E-state index in [1.54, 1.807) is 12.1 Å². The van der Waals surface area contributed by atoms with E-state index in [0.29, 0.717) is 11.3 Å². The van der Waals surface area contributed by atoms with E-state index in [9.17, 15) is 9.59 Å². The van der Waals surface area contributed by atoms with Gasteiger partial charge in [-0.3, -0.25) is 25.8 Å². The molecular formula is C21H24IN3O3S. The van der Waals surface area contributed by atoms with Crippen LogP contribution >= 0.6 is 34.8 Å². The minimum absolute atomic E-state index is 0.00245. The lowest BCUT2D eigenvalue weighted by molar-refractivity contribution is -0.123. The third-order valence-electron chi connectivity index (χ3n) is 4.13. The number of nitrogens with one attached hydrogen (secondary N) is 3. The number of hydrazine groups is 1. The second-order valence-electron chi connectivity index (χ2n) is 6.91. The van der Waals surface area contributed by atoms with Crippen LogP contribution in [0.3, 0.4) is 0 Å². The first-order valence-electron chi connectivity index (χ1n) is 9.07. The van der Waals surface area contributed by atoms with E-state index in [-0.39, 0.29) is 23.5 Å². The Morgan fingerprint density at radius 1 is 1.10 bits per heavy atom. The molecule has 154 valence electrons.